The van der Waals surface area contributed by atoms with Crippen LogP contribution in [-0.4, -0.2) is 11.6 Å². The lowest BCUT2D eigenvalue weighted by Gasteiger charge is -2.04. The highest BCUT2D eigenvalue weighted by Crippen LogP contribution is 2.28. The number of nitrogens with one attached hydrogen (secondary N) is 1. The fourth-order valence-electron chi connectivity index (χ4n) is 1.96. The van der Waals surface area contributed by atoms with Crippen LogP contribution >= 0.6 is 0 Å². The molecule has 0 saturated carbocycles. The van der Waals surface area contributed by atoms with E-state index in [0.29, 0.717) is 17.0 Å². The highest BCUT2D eigenvalue weighted by Gasteiger charge is 2.19. The molecule has 0 spiro atoms. The molecule has 3 rings (SSSR count). The number of para-hydroxylation sites is 2. The lowest BCUT2D eigenvalue weighted by molar-refractivity contribution is -0.112. The molecule has 2 heterocycles. The summed E-state index contributed by atoms with van der Waals surface area (Å²) in [6.45, 7) is 1.82. The van der Waals surface area contributed by atoms with Crippen LogP contribution < -0.4 is 5.32 Å². The first-order chi connectivity index (χ1) is 9.24. The molecular weight excluding hydrogens is 240 g/mol. The number of rotatable bonds is 1. The highest BCUT2D eigenvalue weighted by atomic mass is 16.3. The Morgan fingerprint density at radius 3 is 2.84 bits per heavy atom. The average Bonchev–Trinajstić information content (AvgIpc) is 2.87. The van der Waals surface area contributed by atoms with Gasteiger partial charge in [0, 0.05) is 0 Å². The zero-order valence-electron chi connectivity index (χ0n) is 10.4. The monoisotopic (exact) mass is 252 g/mol. The molecule has 0 radical (unpaired) electrons. The van der Waals surface area contributed by atoms with Gasteiger partial charge >= 0.3 is 0 Å². The van der Waals surface area contributed by atoms with Crippen molar-refractivity contribution in [3.05, 3.63) is 54.0 Å². The largest absolute Gasteiger partial charge is 0.465 e. The van der Waals surface area contributed by atoms with Crippen molar-refractivity contribution in [1.82, 2.24) is 0 Å². The van der Waals surface area contributed by atoms with E-state index in [2.05, 4.69) is 10.3 Å². The van der Waals surface area contributed by atoms with Gasteiger partial charge in [0.2, 0.25) is 0 Å². The minimum atomic E-state index is -0.178. The van der Waals surface area contributed by atoms with Crippen LogP contribution in [0.5, 0.6) is 0 Å². The van der Waals surface area contributed by atoms with E-state index in [0.717, 1.165) is 11.4 Å². The Balaban J connectivity index is 2.08. The molecule has 1 aliphatic rings. The molecule has 0 atom stereocenters. The minimum Gasteiger partial charge on any atom is -0.465 e. The fourth-order valence-corrected chi connectivity index (χ4v) is 1.96. The average molecular weight is 252 g/mol. The van der Waals surface area contributed by atoms with Crippen LogP contribution in [-0.2, 0) is 4.79 Å². The third-order valence-corrected chi connectivity index (χ3v) is 2.90. The fraction of sp³-hybridized carbons (Fsp3) is 0.0667. The molecule has 1 aromatic carbocycles. The van der Waals surface area contributed by atoms with E-state index in [-0.39, 0.29) is 5.91 Å². The zero-order valence-corrected chi connectivity index (χ0v) is 10.4. The normalized spacial score (nSPS) is 16.6. The molecule has 1 aromatic heterocycles. The van der Waals surface area contributed by atoms with E-state index < -0.39 is 0 Å². The summed E-state index contributed by atoms with van der Waals surface area (Å²) in [7, 11) is 0. The Labute approximate surface area is 110 Å². The Kier molecular flexibility index (Phi) is 2.76. The second-order valence-corrected chi connectivity index (χ2v) is 4.24. The van der Waals surface area contributed by atoms with Crippen molar-refractivity contribution in [2.75, 3.05) is 5.32 Å². The van der Waals surface area contributed by atoms with E-state index in [9.17, 15) is 4.79 Å². The van der Waals surface area contributed by atoms with Gasteiger partial charge in [-0.3, -0.25) is 9.79 Å². The van der Waals surface area contributed by atoms with E-state index in [1.54, 1.807) is 24.5 Å². The van der Waals surface area contributed by atoms with Gasteiger partial charge in [-0.15, -0.1) is 0 Å². The number of nitrogens with zero attached hydrogens (tertiary/aromatic N) is 1. The number of amides is 1. The number of hydrogen-bond donors (Lipinski definition) is 1. The van der Waals surface area contributed by atoms with E-state index in [1.807, 2.05) is 31.2 Å². The topological polar surface area (TPSA) is 54.6 Å². The summed E-state index contributed by atoms with van der Waals surface area (Å²) in [6.07, 6.45) is 3.27. The van der Waals surface area contributed by atoms with Gasteiger partial charge in [-0.2, -0.15) is 0 Å². The molecule has 1 amide bonds. The highest BCUT2D eigenvalue weighted by molar-refractivity contribution is 6.29. The van der Waals surface area contributed by atoms with Crippen LogP contribution in [0.3, 0.4) is 0 Å². The summed E-state index contributed by atoms with van der Waals surface area (Å²) in [4.78, 5) is 16.7. The maximum Gasteiger partial charge on any atom is 0.257 e. The van der Waals surface area contributed by atoms with E-state index >= 15 is 0 Å². The predicted molar refractivity (Wildman–Crippen MR) is 74.5 cm³/mol. The Morgan fingerprint density at radius 2 is 2.05 bits per heavy atom. The van der Waals surface area contributed by atoms with Crippen LogP contribution in [0.25, 0.3) is 6.08 Å². The number of benzene rings is 1. The van der Waals surface area contributed by atoms with Gasteiger partial charge in [-0.1, -0.05) is 12.1 Å². The molecule has 1 aliphatic heterocycles. The van der Waals surface area contributed by atoms with Crippen LogP contribution in [0, 0.1) is 0 Å². The van der Waals surface area contributed by atoms with Gasteiger partial charge in [-0.05, 0) is 37.3 Å². The zero-order chi connectivity index (χ0) is 13.2. The van der Waals surface area contributed by atoms with Crippen molar-refractivity contribution in [2.45, 2.75) is 6.92 Å². The number of furan rings is 1. The number of carbonyl (C=O) groups is 1. The first kappa shape index (κ1) is 11.5. The molecule has 0 fully saturated rings. The molecule has 94 valence electrons. The number of carbonyl (C=O) groups excluding carboxylic acids is 1. The first-order valence-corrected chi connectivity index (χ1v) is 5.95. The molecule has 0 bridgehead atoms. The van der Waals surface area contributed by atoms with Gasteiger partial charge in [-0.25, -0.2) is 0 Å². The minimum absolute atomic E-state index is 0.178. The van der Waals surface area contributed by atoms with Gasteiger partial charge < -0.3 is 9.73 Å². The molecule has 4 nitrogen and oxygen atoms in total. The summed E-state index contributed by atoms with van der Waals surface area (Å²) in [6, 6.07) is 11.0. The van der Waals surface area contributed by atoms with Crippen molar-refractivity contribution < 1.29 is 9.21 Å². The Bertz CT molecular complexity index is 682. The summed E-state index contributed by atoms with van der Waals surface area (Å²) in [5, 5.41) is 2.85. The van der Waals surface area contributed by atoms with Crippen LogP contribution in [0.15, 0.2) is 57.6 Å². The Hall–Kier alpha value is -2.62. The quantitative estimate of drug-likeness (QED) is 0.791. The van der Waals surface area contributed by atoms with Crippen molar-refractivity contribution in [1.29, 1.82) is 0 Å². The van der Waals surface area contributed by atoms with Gasteiger partial charge in [0.25, 0.3) is 5.91 Å². The summed E-state index contributed by atoms with van der Waals surface area (Å²) < 4.78 is 5.24. The van der Waals surface area contributed by atoms with Crippen molar-refractivity contribution in [3.63, 3.8) is 0 Å². The second kappa shape index (κ2) is 4.57. The molecule has 19 heavy (non-hydrogen) atoms. The van der Waals surface area contributed by atoms with E-state index in [4.69, 9.17) is 4.42 Å². The molecule has 2 aromatic rings. The van der Waals surface area contributed by atoms with Gasteiger partial charge in [0.1, 0.15) is 5.76 Å². The summed E-state index contributed by atoms with van der Waals surface area (Å²) in [5.41, 5.74) is 2.65. The lowest BCUT2D eigenvalue weighted by Crippen LogP contribution is -2.16. The van der Waals surface area contributed by atoms with Crippen LogP contribution in [0.4, 0.5) is 11.4 Å². The standard InChI is InChI=1S/C15H12N2O2/c1-10-12(9-11-5-4-8-19-11)15(18)17-14-7-3-2-6-13(14)16-10/h2-9H,1H3,(H,17,18)/b12-9-. The predicted octanol–water partition coefficient (Wildman–Crippen LogP) is 3.41. The third kappa shape index (κ3) is 2.20. The molecule has 4 heteroatoms. The number of aliphatic imine (C=N–C) groups is 1. The van der Waals surface area contributed by atoms with Crippen molar-refractivity contribution >= 4 is 29.1 Å². The smallest absolute Gasteiger partial charge is 0.257 e. The van der Waals surface area contributed by atoms with Gasteiger partial charge in [0.15, 0.2) is 0 Å². The number of anilines is 1. The molecule has 0 aliphatic carbocycles. The van der Waals surface area contributed by atoms with Crippen molar-refractivity contribution in [3.8, 4) is 0 Å². The third-order valence-electron chi connectivity index (χ3n) is 2.90. The van der Waals surface area contributed by atoms with E-state index in [1.165, 1.54) is 0 Å². The summed E-state index contributed by atoms with van der Waals surface area (Å²) in [5.74, 6) is 0.452. The SMILES string of the molecule is CC1=Nc2ccccc2NC(=O)/C1=C\c1ccco1. The second-order valence-electron chi connectivity index (χ2n) is 4.24. The van der Waals surface area contributed by atoms with Gasteiger partial charge in [0.05, 0.1) is 28.9 Å². The van der Waals surface area contributed by atoms with Crippen LogP contribution in [0.2, 0.25) is 0 Å². The maximum atomic E-state index is 12.2. The molecule has 1 N–H and O–H groups in total. The Morgan fingerprint density at radius 1 is 1.21 bits per heavy atom. The summed E-state index contributed by atoms with van der Waals surface area (Å²) >= 11 is 0. The lowest BCUT2D eigenvalue weighted by atomic mass is 10.1. The molecule has 0 unspecified atom stereocenters. The first-order valence-electron chi connectivity index (χ1n) is 5.95. The van der Waals surface area contributed by atoms with Crippen molar-refractivity contribution in [2.24, 2.45) is 4.99 Å². The number of hydrogen-bond acceptors (Lipinski definition) is 3. The number of fused-ring (bicyclic) bond motifs is 1. The van der Waals surface area contributed by atoms with Crippen LogP contribution in [0.1, 0.15) is 12.7 Å². The molecule has 0 saturated heterocycles. The molecular formula is C15H12N2O2. The maximum absolute atomic E-state index is 12.2.